The van der Waals surface area contributed by atoms with E-state index in [1.54, 1.807) is 0 Å². The number of aliphatic hydroxyl groups is 1. The van der Waals surface area contributed by atoms with Gasteiger partial charge in [-0.1, -0.05) is 0 Å². The summed E-state index contributed by atoms with van der Waals surface area (Å²) in [5.41, 5.74) is 0. The molecule has 0 bridgehead atoms. The lowest BCUT2D eigenvalue weighted by atomic mass is 9.99. The quantitative estimate of drug-likeness (QED) is 0.444. The van der Waals surface area contributed by atoms with Crippen LogP contribution in [-0.2, 0) is 56.8 Å². The summed E-state index contributed by atoms with van der Waals surface area (Å²) in [7, 11) is 0. The zero-order valence-corrected chi connectivity index (χ0v) is 24.5. The molecule has 1 N–H and O–H groups in total. The van der Waals surface area contributed by atoms with Gasteiger partial charge in [0.05, 0.1) is 26.4 Å². The SMILES string of the molecule is CC1(C)O[C@H]2[C@@H](O1)[C@@H](COCC(O)COC[C@H]1O[C@@H]3OC(C)(C)O[C@@H]3[C@H]3OC(C)(C)O[C@H]31)O[C@@H]1OC(C)(C)O[C@@H]12. The van der Waals surface area contributed by atoms with Crippen molar-refractivity contribution < 1.29 is 61.9 Å². The Balaban J connectivity index is 0.979. The van der Waals surface area contributed by atoms with Gasteiger partial charge in [0.1, 0.15) is 54.9 Å². The Labute approximate surface area is 234 Å². The van der Waals surface area contributed by atoms with Gasteiger partial charge in [0, 0.05) is 0 Å². The molecule has 10 atom stereocenters. The van der Waals surface area contributed by atoms with Gasteiger partial charge in [-0.25, -0.2) is 0 Å². The maximum absolute atomic E-state index is 10.6. The van der Waals surface area contributed by atoms with E-state index in [0.717, 1.165) is 0 Å². The van der Waals surface area contributed by atoms with E-state index in [-0.39, 0.29) is 38.6 Å². The molecule has 13 nitrogen and oxygen atoms in total. The van der Waals surface area contributed by atoms with E-state index in [2.05, 4.69) is 0 Å². The summed E-state index contributed by atoms with van der Waals surface area (Å²) in [6, 6.07) is 0. The number of rotatable bonds is 8. The van der Waals surface area contributed by atoms with Crippen molar-refractivity contribution in [2.75, 3.05) is 26.4 Å². The van der Waals surface area contributed by atoms with E-state index in [1.165, 1.54) is 0 Å². The first-order chi connectivity index (χ1) is 18.6. The molecule has 0 aliphatic carbocycles. The molecule has 13 heteroatoms. The van der Waals surface area contributed by atoms with Gasteiger partial charge in [-0.2, -0.15) is 0 Å². The zero-order valence-electron chi connectivity index (χ0n) is 24.5. The normalized spacial score (nSPS) is 45.8. The van der Waals surface area contributed by atoms with Crippen LogP contribution in [0.25, 0.3) is 0 Å². The van der Waals surface area contributed by atoms with Gasteiger partial charge < -0.3 is 61.9 Å². The van der Waals surface area contributed by atoms with E-state index in [4.69, 9.17) is 56.8 Å². The van der Waals surface area contributed by atoms with Gasteiger partial charge in [0.25, 0.3) is 0 Å². The minimum absolute atomic E-state index is 0.0402. The van der Waals surface area contributed by atoms with Gasteiger partial charge in [-0.3, -0.25) is 0 Å². The van der Waals surface area contributed by atoms with Crippen LogP contribution < -0.4 is 0 Å². The van der Waals surface area contributed by atoms with E-state index >= 15 is 0 Å². The third kappa shape index (κ3) is 5.96. The summed E-state index contributed by atoms with van der Waals surface area (Å²) in [4.78, 5) is 0. The molecule has 0 aromatic carbocycles. The zero-order chi connectivity index (χ0) is 28.7. The molecule has 6 aliphatic heterocycles. The number of fused-ring (bicyclic) bond motifs is 6. The van der Waals surface area contributed by atoms with Gasteiger partial charge in [0.15, 0.2) is 35.7 Å². The van der Waals surface area contributed by atoms with Crippen LogP contribution in [0.4, 0.5) is 0 Å². The standard InChI is InChI=1S/C27H44O13/c1-24(2)33-16-14(31-22-20(18(16)35-24)37-26(5,6)39-22)11-29-9-13(28)10-30-12-15-17-19(36-25(3,4)34-17)21-23(32-15)40-27(7,8)38-21/h13-23,28H,9-12H2,1-8H3/t14-,15-,16+,17+,18+,19+,20-,21-,22-,23-/m1/s1. The molecule has 6 rings (SSSR count). The van der Waals surface area contributed by atoms with E-state index in [0.29, 0.717) is 0 Å². The number of aliphatic hydroxyl groups excluding tert-OH is 1. The molecule has 6 fully saturated rings. The fourth-order valence-electron chi connectivity index (χ4n) is 6.34. The largest absolute Gasteiger partial charge is 0.388 e. The molecule has 0 aromatic heterocycles. The number of hydrogen-bond acceptors (Lipinski definition) is 13. The monoisotopic (exact) mass is 576 g/mol. The Bertz CT molecular complexity index is 852. The fraction of sp³-hybridized carbons (Fsp3) is 1.00. The lowest BCUT2D eigenvalue weighted by Gasteiger charge is -2.37. The minimum Gasteiger partial charge on any atom is -0.388 e. The van der Waals surface area contributed by atoms with Crippen molar-refractivity contribution in [2.45, 2.75) is 146 Å². The van der Waals surface area contributed by atoms with Crippen LogP contribution in [-0.4, -0.2) is 122 Å². The molecule has 0 aromatic rings. The molecule has 6 aliphatic rings. The van der Waals surface area contributed by atoms with Gasteiger partial charge in [-0.05, 0) is 55.4 Å². The van der Waals surface area contributed by atoms with Crippen molar-refractivity contribution >= 4 is 0 Å². The topological polar surface area (TPSA) is 131 Å². The first-order valence-corrected chi connectivity index (χ1v) is 14.2. The molecule has 0 saturated carbocycles. The highest BCUT2D eigenvalue weighted by atomic mass is 16.9. The van der Waals surface area contributed by atoms with Crippen molar-refractivity contribution in [3.63, 3.8) is 0 Å². The molecule has 6 saturated heterocycles. The lowest BCUT2D eigenvalue weighted by Crippen LogP contribution is -2.56. The van der Waals surface area contributed by atoms with Crippen LogP contribution in [0.1, 0.15) is 55.4 Å². The number of hydrogen-bond donors (Lipinski definition) is 1. The summed E-state index contributed by atoms with van der Waals surface area (Å²) in [5.74, 6) is -3.16. The third-order valence-corrected chi connectivity index (χ3v) is 7.69. The smallest absolute Gasteiger partial charge is 0.190 e. The van der Waals surface area contributed by atoms with Gasteiger partial charge in [0.2, 0.25) is 0 Å². The minimum atomic E-state index is -0.872. The van der Waals surface area contributed by atoms with Crippen LogP contribution in [0.3, 0.4) is 0 Å². The van der Waals surface area contributed by atoms with E-state index < -0.39 is 78.5 Å². The summed E-state index contributed by atoms with van der Waals surface area (Å²) in [6.45, 7) is 15.2. The summed E-state index contributed by atoms with van der Waals surface area (Å²) >= 11 is 0. The van der Waals surface area contributed by atoms with Crippen molar-refractivity contribution in [3.8, 4) is 0 Å². The molecule has 0 unspecified atom stereocenters. The first-order valence-electron chi connectivity index (χ1n) is 14.2. The Morgan fingerprint density at radius 2 is 0.825 bits per heavy atom. The highest BCUT2D eigenvalue weighted by Gasteiger charge is 2.62. The van der Waals surface area contributed by atoms with E-state index in [9.17, 15) is 5.11 Å². The van der Waals surface area contributed by atoms with Crippen LogP contribution in [0.15, 0.2) is 0 Å². The van der Waals surface area contributed by atoms with Crippen molar-refractivity contribution in [3.05, 3.63) is 0 Å². The van der Waals surface area contributed by atoms with Gasteiger partial charge in [-0.15, -0.1) is 0 Å². The highest BCUT2D eigenvalue weighted by molar-refractivity contribution is 5.01. The van der Waals surface area contributed by atoms with Crippen molar-refractivity contribution in [1.29, 1.82) is 0 Å². The van der Waals surface area contributed by atoms with Crippen molar-refractivity contribution in [1.82, 2.24) is 0 Å². The molecule has 0 amide bonds. The predicted octanol–water partition coefficient (Wildman–Crippen LogP) is 1.17. The molecular weight excluding hydrogens is 532 g/mol. The molecule has 6 heterocycles. The van der Waals surface area contributed by atoms with Crippen molar-refractivity contribution in [2.24, 2.45) is 0 Å². The Morgan fingerprint density at radius 1 is 0.500 bits per heavy atom. The number of ether oxygens (including phenoxy) is 12. The summed E-state index contributed by atoms with van der Waals surface area (Å²) < 4.78 is 72.3. The van der Waals surface area contributed by atoms with Gasteiger partial charge >= 0.3 is 0 Å². The Kier molecular flexibility index (Phi) is 7.60. The second-order valence-electron chi connectivity index (χ2n) is 13.1. The molecular formula is C27H44O13. The molecule has 0 spiro atoms. The summed E-state index contributed by atoms with van der Waals surface area (Å²) in [5, 5.41) is 10.6. The maximum Gasteiger partial charge on any atom is 0.190 e. The summed E-state index contributed by atoms with van der Waals surface area (Å²) in [6.07, 6.45) is -5.29. The van der Waals surface area contributed by atoms with Crippen LogP contribution in [0.5, 0.6) is 0 Å². The average molecular weight is 577 g/mol. The fourth-order valence-corrected chi connectivity index (χ4v) is 6.34. The van der Waals surface area contributed by atoms with Crippen LogP contribution >= 0.6 is 0 Å². The highest BCUT2D eigenvalue weighted by Crippen LogP contribution is 2.45. The Hall–Kier alpha value is -0.520. The molecule has 230 valence electrons. The predicted molar refractivity (Wildman–Crippen MR) is 133 cm³/mol. The lowest BCUT2D eigenvalue weighted by molar-refractivity contribution is -0.246. The first kappa shape index (κ1) is 29.5. The second kappa shape index (κ2) is 10.3. The van der Waals surface area contributed by atoms with Crippen LogP contribution in [0, 0.1) is 0 Å². The molecule has 0 radical (unpaired) electrons. The van der Waals surface area contributed by atoms with Crippen LogP contribution in [0.2, 0.25) is 0 Å². The third-order valence-electron chi connectivity index (χ3n) is 7.69. The van der Waals surface area contributed by atoms with E-state index in [1.807, 2.05) is 55.4 Å². The molecule has 40 heavy (non-hydrogen) atoms. The second-order valence-corrected chi connectivity index (χ2v) is 13.1. The average Bonchev–Trinajstić information content (AvgIpc) is 3.51. The Morgan fingerprint density at radius 3 is 1.23 bits per heavy atom. The maximum atomic E-state index is 10.6.